The molecule has 0 radical (unpaired) electrons. The number of aryl methyl sites for hydroxylation is 1. The summed E-state index contributed by atoms with van der Waals surface area (Å²) in [5, 5.41) is 22.3. The van der Waals surface area contributed by atoms with Crippen molar-refractivity contribution in [2.24, 2.45) is 0 Å². The van der Waals surface area contributed by atoms with E-state index in [1.807, 2.05) is 30.0 Å². The van der Waals surface area contributed by atoms with E-state index in [0.717, 1.165) is 5.56 Å². The van der Waals surface area contributed by atoms with Crippen LogP contribution in [0.15, 0.2) is 59.6 Å². The molecule has 0 amide bonds. The van der Waals surface area contributed by atoms with Crippen LogP contribution in [0.25, 0.3) is 0 Å². The van der Waals surface area contributed by atoms with Crippen molar-refractivity contribution in [1.29, 1.82) is 0 Å². The lowest BCUT2D eigenvalue weighted by Gasteiger charge is -2.34. The van der Waals surface area contributed by atoms with Crippen LogP contribution in [-0.2, 0) is 10.0 Å². The number of non-ortho nitro benzene ring substituents is 1. The van der Waals surface area contributed by atoms with Gasteiger partial charge in [-0.1, -0.05) is 0 Å². The molecule has 4 rings (SSSR count). The predicted octanol–water partition coefficient (Wildman–Crippen LogP) is 2.34. The van der Waals surface area contributed by atoms with Crippen molar-refractivity contribution in [2.45, 2.75) is 11.8 Å². The van der Waals surface area contributed by atoms with Crippen molar-refractivity contribution in [1.82, 2.24) is 19.5 Å². The fraction of sp³-hybridized carbons (Fsp3) is 0.250. The standard InChI is InChI=1S/C20H21N7O4S/c1-15-8-9-21-19(14-15)22-18-6-7-20(24-23-18)25-10-12-26(13-11-25)32(30,31)17-4-2-16(3-5-17)27(28)29/h2-9,14H,10-13H2,1H3,(H,21,22,23). The van der Waals surface area contributed by atoms with Crippen molar-refractivity contribution in [2.75, 3.05) is 36.4 Å². The van der Waals surface area contributed by atoms with Gasteiger partial charge in [-0.2, -0.15) is 4.31 Å². The molecule has 1 aliphatic heterocycles. The molecule has 2 aromatic heterocycles. The number of pyridine rings is 1. The maximum atomic E-state index is 12.8. The Morgan fingerprint density at radius 1 is 0.969 bits per heavy atom. The minimum atomic E-state index is -3.72. The quantitative estimate of drug-likeness (QED) is 0.439. The Morgan fingerprint density at radius 2 is 1.69 bits per heavy atom. The highest BCUT2D eigenvalue weighted by molar-refractivity contribution is 7.89. The van der Waals surface area contributed by atoms with Crippen LogP contribution in [0.1, 0.15) is 5.56 Å². The van der Waals surface area contributed by atoms with E-state index < -0.39 is 14.9 Å². The number of nitro groups is 1. The second-order valence-electron chi connectivity index (χ2n) is 7.26. The van der Waals surface area contributed by atoms with Crippen molar-refractivity contribution in [3.8, 4) is 0 Å². The minimum Gasteiger partial charge on any atom is -0.352 e. The first-order valence-electron chi connectivity index (χ1n) is 9.86. The molecule has 3 heterocycles. The summed E-state index contributed by atoms with van der Waals surface area (Å²) < 4.78 is 27.1. The Hall–Kier alpha value is -3.64. The highest BCUT2D eigenvalue weighted by Gasteiger charge is 2.29. The third kappa shape index (κ3) is 4.65. The van der Waals surface area contributed by atoms with E-state index in [9.17, 15) is 18.5 Å². The van der Waals surface area contributed by atoms with E-state index in [1.165, 1.54) is 28.6 Å². The summed E-state index contributed by atoms with van der Waals surface area (Å²) in [5.74, 6) is 1.89. The Kier molecular flexibility index (Phi) is 5.97. The number of nitro benzene ring substituents is 1. The van der Waals surface area contributed by atoms with Gasteiger partial charge in [0.05, 0.1) is 9.82 Å². The topological polar surface area (TPSA) is 134 Å². The van der Waals surface area contributed by atoms with Crippen molar-refractivity contribution < 1.29 is 13.3 Å². The van der Waals surface area contributed by atoms with Crippen LogP contribution in [0.2, 0.25) is 0 Å². The Balaban J connectivity index is 1.38. The number of sulfonamides is 1. The first-order valence-corrected chi connectivity index (χ1v) is 11.3. The van der Waals surface area contributed by atoms with E-state index in [0.29, 0.717) is 30.5 Å². The molecule has 1 aliphatic rings. The lowest BCUT2D eigenvalue weighted by molar-refractivity contribution is -0.384. The van der Waals surface area contributed by atoms with Crippen LogP contribution in [0.3, 0.4) is 0 Å². The van der Waals surface area contributed by atoms with E-state index in [-0.39, 0.29) is 23.7 Å². The molecule has 32 heavy (non-hydrogen) atoms. The van der Waals surface area contributed by atoms with Crippen molar-refractivity contribution >= 4 is 33.2 Å². The number of anilines is 3. The van der Waals surface area contributed by atoms with Crippen LogP contribution in [-0.4, -0.2) is 59.0 Å². The number of nitrogens with zero attached hydrogens (tertiary/aromatic N) is 6. The summed E-state index contributed by atoms with van der Waals surface area (Å²) in [6, 6.07) is 12.3. The Bertz CT molecular complexity index is 1210. The lowest BCUT2D eigenvalue weighted by atomic mass is 10.3. The number of hydrogen-bond donors (Lipinski definition) is 1. The molecular formula is C20H21N7O4S. The summed E-state index contributed by atoms with van der Waals surface area (Å²) >= 11 is 0. The third-order valence-electron chi connectivity index (χ3n) is 5.07. The molecule has 0 unspecified atom stereocenters. The fourth-order valence-corrected chi connectivity index (χ4v) is 4.76. The molecule has 12 heteroatoms. The van der Waals surface area contributed by atoms with Crippen LogP contribution < -0.4 is 10.2 Å². The maximum absolute atomic E-state index is 12.8. The molecule has 0 atom stereocenters. The highest BCUT2D eigenvalue weighted by atomic mass is 32.2. The zero-order chi connectivity index (χ0) is 22.7. The third-order valence-corrected chi connectivity index (χ3v) is 6.98. The molecule has 0 aliphatic carbocycles. The van der Waals surface area contributed by atoms with Crippen molar-refractivity contribution in [3.63, 3.8) is 0 Å². The summed E-state index contributed by atoms with van der Waals surface area (Å²) in [5.41, 5.74) is 0.928. The zero-order valence-electron chi connectivity index (χ0n) is 17.2. The number of piperazine rings is 1. The van der Waals surface area contributed by atoms with Gasteiger partial charge in [-0.3, -0.25) is 10.1 Å². The van der Waals surface area contributed by atoms with E-state index in [1.54, 1.807) is 12.3 Å². The second kappa shape index (κ2) is 8.85. The second-order valence-corrected chi connectivity index (χ2v) is 9.20. The number of rotatable bonds is 6. The predicted molar refractivity (Wildman–Crippen MR) is 118 cm³/mol. The average molecular weight is 456 g/mol. The number of benzene rings is 1. The normalized spacial score (nSPS) is 14.8. The van der Waals surface area contributed by atoms with Gasteiger partial charge < -0.3 is 10.2 Å². The molecule has 11 nitrogen and oxygen atoms in total. The van der Waals surface area contributed by atoms with E-state index in [2.05, 4.69) is 20.5 Å². The first kappa shape index (κ1) is 21.6. The average Bonchev–Trinajstić information content (AvgIpc) is 2.80. The monoisotopic (exact) mass is 455 g/mol. The molecule has 0 bridgehead atoms. The van der Waals surface area contributed by atoms with Crippen LogP contribution >= 0.6 is 0 Å². The van der Waals surface area contributed by atoms with Gasteiger partial charge in [0, 0.05) is 44.5 Å². The van der Waals surface area contributed by atoms with Crippen LogP contribution in [0.5, 0.6) is 0 Å². The van der Waals surface area contributed by atoms with Gasteiger partial charge in [0.2, 0.25) is 10.0 Å². The Labute approximate surface area is 184 Å². The molecule has 1 aromatic carbocycles. The molecule has 166 valence electrons. The smallest absolute Gasteiger partial charge is 0.269 e. The van der Waals surface area contributed by atoms with Gasteiger partial charge in [0.1, 0.15) is 5.82 Å². The minimum absolute atomic E-state index is 0.0385. The van der Waals surface area contributed by atoms with Gasteiger partial charge >= 0.3 is 0 Å². The molecule has 1 N–H and O–H groups in total. The molecule has 3 aromatic rings. The molecule has 0 spiro atoms. The molecule has 1 fully saturated rings. The lowest BCUT2D eigenvalue weighted by Crippen LogP contribution is -2.48. The van der Waals surface area contributed by atoms with E-state index >= 15 is 0 Å². The maximum Gasteiger partial charge on any atom is 0.269 e. The van der Waals surface area contributed by atoms with Crippen LogP contribution in [0.4, 0.5) is 23.1 Å². The highest BCUT2D eigenvalue weighted by Crippen LogP contribution is 2.22. The first-order chi connectivity index (χ1) is 15.3. The van der Waals surface area contributed by atoms with Crippen molar-refractivity contribution in [3.05, 3.63) is 70.4 Å². The molecule has 1 saturated heterocycles. The molecular weight excluding hydrogens is 434 g/mol. The van der Waals surface area contributed by atoms with Gasteiger partial charge in [0.25, 0.3) is 5.69 Å². The molecule has 0 saturated carbocycles. The fourth-order valence-electron chi connectivity index (χ4n) is 3.34. The largest absolute Gasteiger partial charge is 0.352 e. The van der Waals surface area contributed by atoms with E-state index in [4.69, 9.17) is 0 Å². The van der Waals surface area contributed by atoms with Gasteiger partial charge in [-0.05, 0) is 48.9 Å². The summed E-state index contributed by atoms with van der Waals surface area (Å²) in [6.45, 7) is 3.42. The number of hydrogen-bond acceptors (Lipinski definition) is 9. The summed E-state index contributed by atoms with van der Waals surface area (Å²) in [6.07, 6.45) is 1.71. The number of aromatic nitrogens is 3. The SMILES string of the molecule is Cc1ccnc(Nc2ccc(N3CCN(S(=O)(=O)c4ccc([N+](=O)[O-])cc4)CC3)nn2)c1. The Morgan fingerprint density at radius 3 is 2.28 bits per heavy atom. The van der Waals surface area contributed by atoms with Gasteiger partial charge in [0.15, 0.2) is 11.6 Å². The zero-order valence-corrected chi connectivity index (χ0v) is 18.1. The van der Waals surface area contributed by atoms with Gasteiger partial charge in [-0.15, -0.1) is 10.2 Å². The summed E-state index contributed by atoms with van der Waals surface area (Å²) in [7, 11) is -3.72. The number of nitrogens with one attached hydrogen (secondary N) is 1. The summed E-state index contributed by atoms with van der Waals surface area (Å²) in [4.78, 5) is 16.5. The van der Waals surface area contributed by atoms with Crippen LogP contribution in [0, 0.1) is 17.0 Å². The van der Waals surface area contributed by atoms with Gasteiger partial charge in [-0.25, -0.2) is 13.4 Å².